The summed E-state index contributed by atoms with van der Waals surface area (Å²) in [6.07, 6.45) is 5.15. The lowest BCUT2D eigenvalue weighted by Gasteiger charge is -2.26. The molecule has 0 unspecified atom stereocenters. The lowest BCUT2D eigenvalue weighted by Crippen LogP contribution is -2.36. The molecule has 0 radical (unpaired) electrons. The van der Waals surface area contributed by atoms with E-state index in [0.29, 0.717) is 23.6 Å². The summed E-state index contributed by atoms with van der Waals surface area (Å²) in [6.45, 7) is 4.40. The fourth-order valence-corrected chi connectivity index (χ4v) is 2.45. The maximum atomic E-state index is 12.9. The molecular formula is C18H17N5O. The Morgan fingerprint density at radius 2 is 2.08 bits per heavy atom. The van der Waals surface area contributed by atoms with Crippen LogP contribution in [0, 0.1) is 11.3 Å². The van der Waals surface area contributed by atoms with Crippen molar-refractivity contribution in [3.05, 3.63) is 65.7 Å². The number of aromatic nitrogens is 3. The predicted molar refractivity (Wildman–Crippen MR) is 89.2 cm³/mol. The number of hydrogen-bond donors (Lipinski definition) is 0. The zero-order chi connectivity index (χ0) is 17.1. The highest BCUT2D eigenvalue weighted by atomic mass is 16.2. The van der Waals surface area contributed by atoms with E-state index in [2.05, 4.69) is 16.0 Å². The van der Waals surface area contributed by atoms with Crippen LogP contribution in [0.4, 0.5) is 0 Å². The maximum Gasteiger partial charge on any atom is 0.274 e. The third-order valence-corrected chi connectivity index (χ3v) is 3.77. The van der Waals surface area contributed by atoms with E-state index in [1.807, 2.05) is 32.2 Å². The summed E-state index contributed by atoms with van der Waals surface area (Å²) < 4.78 is 1.73. The van der Waals surface area contributed by atoms with E-state index in [-0.39, 0.29) is 11.9 Å². The van der Waals surface area contributed by atoms with Gasteiger partial charge in [-0.15, -0.1) is 0 Å². The number of rotatable bonds is 4. The summed E-state index contributed by atoms with van der Waals surface area (Å²) in [5.74, 6) is 0.364. The number of imidazole rings is 1. The number of nitrogens with zero attached hydrogens (tertiary/aromatic N) is 5. The smallest absolute Gasteiger partial charge is 0.274 e. The topological polar surface area (TPSA) is 74.3 Å². The maximum absolute atomic E-state index is 12.9. The van der Waals surface area contributed by atoms with Crippen LogP contribution in [0.25, 0.3) is 5.78 Å². The molecule has 6 heteroatoms. The predicted octanol–water partition coefficient (Wildman–Crippen LogP) is 2.65. The molecule has 0 fully saturated rings. The first-order valence-corrected chi connectivity index (χ1v) is 7.68. The second-order valence-electron chi connectivity index (χ2n) is 5.79. The van der Waals surface area contributed by atoms with Crippen molar-refractivity contribution in [2.75, 3.05) is 0 Å². The Bertz CT molecular complexity index is 872. The number of amides is 1. The van der Waals surface area contributed by atoms with Gasteiger partial charge in [-0.05, 0) is 37.6 Å². The number of hydrogen-bond acceptors (Lipinski definition) is 4. The van der Waals surface area contributed by atoms with Crippen molar-refractivity contribution >= 4 is 11.7 Å². The number of carbonyl (C=O) groups excluding carboxylic acids is 1. The van der Waals surface area contributed by atoms with Gasteiger partial charge in [0.25, 0.3) is 5.91 Å². The molecule has 0 saturated carbocycles. The third-order valence-electron chi connectivity index (χ3n) is 3.77. The quantitative estimate of drug-likeness (QED) is 0.741. The molecule has 24 heavy (non-hydrogen) atoms. The highest BCUT2D eigenvalue weighted by Crippen LogP contribution is 2.14. The third kappa shape index (κ3) is 3.10. The molecule has 0 N–H and O–H groups in total. The largest absolute Gasteiger partial charge is 0.331 e. The summed E-state index contributed by atoms with van der Waals surface area (Å²) in [5, 5.41) is 8.87. The second kappa shape index (κ2) is 6.50. The van der Waals surface area contributed by atoms with Gasteiger partial charge >= 0.3 is 0 Å². The van der Waals surface area contributed by atoms with Crippen LogP contribution in [0.5, 0.6) is 0 Å². The van der Waals surface area contributed by atoms with E-state index in [0.717, 1.165) is 5.56 Å². The first-order chi connectivity index (χ1) is 11.6. The molecule has 0 aliphatic carbocycles. The zero-order valence-electron chi connectivity index (χ0n) is 13.5. The molecule has 0 saturated heterocycles. The molecule has 120 valence electrons. The van der Waals surface area contributed by atoms with E-state index in [1.54, 1.807) is 39.9 Å². The van der Waals surface area contributed by atoms with Crippen molar-refractivity contribution in [2.45, 2.75) is 26.4 Å². The molecule has 3 rings (SSSR count). The molecular weight excluding hydrogens is 302 g/mol. The number of nitriles is 1. The van der Waals surface area contributed by atoms with Gasteiger partial charge in [-0.25, -0.2) is 9.97 Å². The zero-order valence-corrected chi connectivity index (χ0v) is 13.5. The summed E-state index contributed by atoms with van der Waals surface area (Å²) in [4.78, 5) is 23.1. The molecule has 0 atom stereocenters. The first kappa shape index (κ1) is 15.7. The molecule has 2 aromatic heterocycles. The minimum Gasteiger partial charge on any atom is -0.331 e. The van der Waals surface area contributed by atoms with Crippen molar-refractivity contribution in [1.82, 2.24) is 19.3 Å². The average molecular weight is 319 g/mol. The fourth-order valence-electron chi connectivity index (χ4n) is 2.45. The second-order valence-corrected chi connectivity index (χ2v) is 5.79. The molecule has 1 aromatic carbocycles. The Balaban J connectivity index is 1.86. The fraction of sp³-hybridized carbons (Fsp3) is 0.222. The van der Waals surface area contributed by atoms with E-state index in [4.69, 9.17) is 5.26 Å². The van der Waals surface area contributed by atoms with Crippen molar-refractivity contribution in [2.24, 2.45) is 0 Å². The van der Waals surface area contributed by atoms with E-state index < -0.39 is 0 Å². The SMILES string of the molecule is CC(C)N(Cc1ccc(C#N)cc1)C(=O)c1cn2cccnc2n1. The van der Waals surface area contributed by atoms with Crippen LogP contribution in [-0.2, 0) is 6.54 Å². The molecule has 3 aromatic rings. The van der Waals surface area contributed by atoms with E-state index in [1.165, 1.54) is 0 Å². The van der Waals surface area contributed by atoms with Crippen LogP contribution in [0.1, 0.15) is 35.5 Å². The monoisotopic (exact) mass is 319 g/mol. The van der Waals surface area contributed by atoms with Crippen molar-refractivity contribution in [1.29, 1.82) is 5.26 Å². The number of carbonyl (C=O) groups is 1. The lowest BCUT2D eigenvalue weighted by atomic mass is 10.1. The number of fused-ring (bicyclic) bond motifs is 1. The molecule has 1 amide bonds. The molecule has 0 spiro atoms. The van der Waals surface area contributed by atoms with Gasteiger partial charge in [-0.3, -0.25) is 9.20 Å². The van der Waals surface area contributed by atoms with Gasteiger partial charge < -0.3 is 4.90 Å². The number of benzene rings is 1. The van der Waals surface area contributed by atoms with Crippen molar-refractivity contribution < 1.29 is 4.79 Å². The van der Waals surface area contributed by atoms with Crippen LogP contribution in [0.2, 0.25) is 0 Å². The minimum atomic E-state index is -0.139. The van der Waals surface area contributed by atoms with Crippen LogP contribution < -0.4 is 0 Å². The Hall–Kier alpha value is -3.20. The van der Waals surface area contributed by atoms with Crippen LogP contribution in [-0.4, -0.2) is 31.2 Å². The van der Waals surface area contributed by atoms with Gasteiger partial charge in [0.15, 0.2) is 0 Å². The van der Waals surface area contributed by atoms with Crippen molar-refractivity contribution in [3.63, 3.8) is 0 Å². The lowest BCUT2D eigenvalue weighted by molar-refractivity contribution is 0.0685. The average Bonchev–Trinajstić information content (AvgIpc) is 3.03. The van der Waals surface area contributed by atoms with Gasteiger partial charge in [0.05, 0.1) is 11.6 Å². The molecule has 2 heterocycles. The van der Waals surface area contributed by atoms with Gasteiger partial charge in [0.2, 0.25) is 5.78 Å². The van der Waals surface area contributed by atoms with Crippen LogP contribution in [0.15, 0.2) is 48.9 Å². The summed E-state index contributed by atoms with van der Waals surface area (Å²) in [7, 11) is 0. The van der Waals surface area contributed by atoms with Gasteiger partial charge in [0.1, 0.15) is 5.69 Å². The summed E-state index contributed by atoms with van der Waals surface area (Å²) in [5.41, 5.74) is 1.95. The van der Waals surface area contributed by atoms with Gasteiger partial charge in [0, 0.05) is 31.2 Å². The van der Waals surface area contributed by atoms with E-state index >= 15 is 0 Å². The normalized spacial score (nSPS) is 10.8. The Morgan fingerprint density at radius 1 is 1.33 bits per heavy atom. The Labute approximate surface area is 140 Å². The van der Waals surface area contributed by atoms with Gasteiger partial charge in [-0.1, -0.05) is 12.1 Å². The molecule has 6 nitrogen and oxygen atoms in total. The molecule has 0 aliphatic rings. The highest BCUT2D eigenvalue weighted by molar-refractivity contribution is 5.93. The summed E-state index contributed by atoms with van der Waals surface area (Å²) in [6, 6.07) is 11.2. The molecule has 0 bridgehead atoms. The summed E-state index contributed by atoms with van der Waals surface area (Å²) >= 11 is 0. The van der Waals surface area contributed by atoms with Gasteiger partial charge in [-0.2, -0.15) is 5.26 Å². The molecule has 0 aliphatic heterocycles. The van der Waals surface area contributed by atoms with Crippen LogP contribution >= 0.6 is 0 Å². The van der Waals surface area contributed by atoms with E-state index in [9.17, 15) is 4.79 Å². The standard InChI is InChI=1S/C18H17N5O/c1-13(2)23(11-15-6-4-14(10-19)5-7-15)17(24)16-12-22-9-3-8-20-18(22)21-16/h3-9,12-13H,11H2,1-2H3. The Kier molecular flexibility index (Phi) is 4.25. The highest BCUT2D eigenvalue weighted by Gasteiger charge is 2.22. The van der Waals surface area contributed by atoms with Crippen LogP contribution in [0.3, 0.4) is 0 Å². The first-order valence-electron chi connectivity index (χ1n) is 7.68. The van der Waals surface area contributed by atoms with Crippen molar-refractivity contribution in [3.8, 4) is 6.07 Å². The Morgan fingerprint density at radius 3 is 2.71 bits per heavy atom. The minimum absolute atomic E-state index is 0.0194.